The summed E-state index contributed by atoms with van der Waals surface area (Å²) in [6.45, 7) is 0. The van der Waals surface area contributed by atoms with E-state index in [1.165, 1.54) is 6.07 Å². The second kappa shape index (κ2) is 6.04. The summed E-state index contributed by atoms with van der Waals surface area (Å²) in [7, 11) is 0. The summed E-state index contributed by atoms with van der Waals surface area (Å²) < 4.78 is 11.5. The van der Waals surface area contributed by atoms with Gasteiger partial charge >= 0.3 is 0 Å². The van der Waals surface area contributed by atoms with Crippen LogP contribution in [-0.4, -0.2) is 10.2 Å². The standard InChI is InChI=1S/C19H14N2O3/c22-18-7-6-15(20-21-18)11-13-10-14-8-9-23-19(14)17(12-13)24-16-4-2-1-3-5-16/h1-10,12H,11H2,(H,21,22). The Morgan fingerprint density at radius 1 is 1.04 bits per heavy atom. The van der Waals surface area contributed by atoms with Crippen LogP contribution in [0.15, 0.2) is 76.1 Å². The maximum Gasteiger partial charge on any atom is 0.264 e. The van der Waals surface area contributed by atoms with Crippen molar-refractivity contribution >= 4 is 11.0 Å². The maximum absolute atomic E-state index is 11.1. The third-order valence-electron chi connectivity index (χ3n) is 3.67. The molecule has 5 nitrogen and oxygen atoms in total. The highest BCUT2D eigenvalue weighted by Gasteiger charge is 2.10. The van der Waals surface area contributed by atoms with Crippen molar-refractivity contribution in [1.82, 2.24) is 10.2 Å². The molecule has 0 atom stereocenters. The normalized spacial score (nSPS) is 10.8. The molecular formula is C19H14N2O3. The lowest BCUT2D eigenvalue weighted by atomic mass is 10.1. The van der Waals surface area contributed by atoms with E-state index in [9.17, 15) is 4.79 Å². The van der Waals surface area contributed by atoms with E-state index >= 15 is 0 Å². The van der Waals surface area contributed by atoms with Crippen LogP contribution in [0.3, 0.4) is 0 Å². The molecule has 1 N–H and O–H groups in total. The Hall–Kier alpha value is -3.34. The molecule has 0 aliphatic heterocycles. The molecule has 0 saturated heterocycles. The smallest absolute Gasteiger partial charge is 0.264 e. The van der Waals surface area contributed by atoms with Crippen LogP contribution in [0.25, 0.3) is 11.0 Å². The highest BCUT2D eigenvalue weighted by atomic mass is 16.5. The second-order valence-corrected chi connectivity index (χ2v) is 5.44. The minimum Gasteiger partial charge on any atom is -0.460 e. The Morgan fingerprint density at radius 3 is 2.71 bits per heavy atom. The van der Waals surface area contributed by atoms with Crippen LogP contribution in [0.1, 0.15) is 11.3 Å². The van der Waals surface area contributed by atoms with Crippen molar-refractivity contribution in [2.24, 2.45) is 0 Å². The fourth-order valence-corrected chi connectivity index (χ4v) is 2.58. The van der Waals surface area contributed by atoms with E-state index in [1.54, 1.807) is 12.3 Å². The number of aromatic nitrogens is 2. The Morgan fingerprint density at radius 2 is 1.92 bits per heavy atom. The molecule has 0 aliphatic rings. The molecule has 0 bridgehead atoms. The van der Waals surface area contributed by atoms with Crippen LogP contribution in [0.4, 0.5) is 0 Å². The van der Waals surface area contributed by atoms with Crippen molar-refractivity contribution in [2.75, 3.05) is 0 Å². The first kappa shape index (κ1) is 14.3. The van der Waals surface area contributed by atoms with Gasteiger partial charge in [0, 0.05) is 17.9 Å². The molecule has 2 aromatic carbocycles. The minimum absolute atomic E-state index is 0.211. The first-order valence-electron chi connectivity index (χ1n) is 7.55. The van der Waals surface area contributed by atoms with Crippen molar-refractivity contribution in [2.45, 2.75) is 6.42 Å². The van der Waals surface area contributed by atoms with E-state index in [0.717, 1.165) is 22.4 Å². The number of furan rings is 1. The Balaban J connectivity index is 1.71. The summed E-state index contributed by atoms with van der Waals surface area (Å²) in [5.41, 5.74) is 2.30. The molecule has 0 amide bonds. The van der Waals surface area contributed by atoms with Gasteiger partial charge in [0.15, 0.2) is 11.3 Å². The first-order chi connectivity index (χ1) is 11.8. The summed E-state index contributed by atoms with van der Waals surface area (Å²) in [5.74, 6) is 1.40. The van der Waals surface area contributed by atoms with Crippen molar-refractivity contribution in [3.63, 3.8) is 0 Å². The summed E-state index contributed by atoms with van der Waals surface area (Å²) in [6.07, 6.45) is 2.23. The van der Waals surface area contributed by atoms with Crippen LogP contribution >= 0.6 is 0 Å². The number of ether oxygens (including phenoxy) is 1. The quantitative estimate of drug-likeness (QED) is 0.619. The number of hydrogen-bond donors (Lipinski definition) is 1. The van der Waals surface area contributed by atoms with Gasteiger partial charge in [-0.1, -0.05) is 18.2 Å². The average molecular weight is 318 g/mol. The molecule has 0 unspecified atom stereocenters. The molecule has 0 fully saturated rings. The third-order valence-corrected chi connectivity index (χ3v) is 3.67. The van der Waals surface area contributed by atoms with E-state index in [0.29, 0.717) is 17.8 Å². The molecule has 4 rings (SSSR count). The second-order valence-electron chi connectivity index (χ2n) is 5.44. The summed E-state index contributed by atoms with van der Waals surface area (Å²) in [6, 6.07) is 18.6. The minimum atomic E-state index is -0.211. The zero-order chi connectivity index (χ0) is 16.4. The van der Waals surface area contributed by atoms with Crippen LogP contribution in [0.2, 0.25) is 0 Å². The highest BCUT2D eigenvalue weighted by molar-refractivity contribution is 5.84. The topological polar surface area (TPSA) is 68.1 Å². The lowest BCUT2D eigenvalue weighted by Gasteiger charge is -2.09. The molecule has 0 spiro atoms. The zero-order valence-corrected chi connectivity index (χ0v) is 12.7. The van der Waals surface area contributed by atoms with Gasteiger partial charge in [-0.3, -0.25) is 4.79 Å². The molecule has 2 aromatic heterocycles. The van der Waals surface area contributed by atoms with Gasteiger partial charge in [0.25, 0.3) is 5.56 Å². The van der Waals surface area contributed by atoms with Gasteiger partial charge in [0.1, 0.15) is 5.75 Å². The van der Waals surface area contributed by atoms with E-state index in [4.69, 9.17) is 9.15 Å². The summed E-state index contributed by atoms with van der Waals surface area (Å²) in [4.78, 5) is 11.1. The molecule has 4 aromatic rings. The van der Waals surface area contributed by atoms with Crippen LogP contribution in [0, 0.1) is 0 Å². The van der Waals surface area contributed by atoms with E-state index in [1.807, 2.05) is 48.5 Å². The Labute approximate surface area is 137 Å². The van der Waals surface area contributed by atoms with Gasteiger partial charge in [-0.15, -0.1) is 0 Å². The SMILES string of the molecule is O=c1ccc(Cc2cc(Oc3ccccc3)c3occc3c2)n[nH]1. The van der Waals surface area contributed by atoms with Gasteiger partial charge in [0.05, 0.1) is 12.0 Å². The predicted molar refractivity (Wildman–Crippen MR) is 90.4 cm³/mol. The maximum atomic E-state index is 11.1. The van der Waals surface area contributed by atoms with Crippen molar-refractivity contribution < 1.29 is 9.15 Å². The molecule has 24 heavy (non-hydrogen) atoms. The largest absolute Gasteiger partial charge is 0.460 e. The van der Waals surface area contributed by atoms with Gasteiger partial charge in [-0.25, -0.2) is 5.10 Å². The number of nitrogens with one attached hydrogen (secondary N) is 1. The van der Waals surface area contributed by atoms with Crippen LogP contribution in [0.5, 0.6) is 11.5 Å². The van der Waals surface area contributed by atoms with Crippen molar-refractivity contribution in [3.05, 3.63) is 88.5 Å². The number of aromatic amines is 1. The van der Waals surface area contributed by atoms with Crippen LogP contribution < -0.4 is 10.3 Å². The summed E-state index contributed by atoms with van der Waals surface area (Å²) >= 11 is 0. The van der Waals surface area contributed by atoms with Crippen molar-refractivity contribution in [1.29, 1.82) is 0 Å². The lowest BCUT2D eigenvalue weighted by molar-refractivity contribution is 0.472. The molecule has 0 saturated carbocycles. The number of H-pyrrole nitrogens is 1. The van der Waals surface area contributed by atoms with E-state index in [-0.39, 0.29) is 5.56 Å². The molecule has 0 radical (unpaired) electrons. The lowest BCUT2D eigenvalue weighted by Crippen LogP contribution is -2.07. The number of rotatable bonds is 4. The van der Waals surface area contributed by atoms with Gasteiger partial charge in [-0.05, 0) is 42.0 Å². The average Bonchev–Trinajstić information content (AvgIpc) is 3.07. The van der Waals surface area contributed by atoms with Crippen molar-refractivity contribution in [3.8, 4) is 11.5 Å². The molecule has 118 valence electrons. The molecule has 0 aliphatic carbocycles. The predicted octanol–water partition coefficient (Wildman–Crippen LogP) is 3.90. The zero-order valence-electron chi connectivity index (χ0n) is 12.7. The van der Waals surface area contributed by atoms with E-state index < -0.39 is 0 Å². The fourth-order valence-electron chi connectivity index (χ4n) is 2.58. The Kier molecular flexibility index (Phi) is 3.59. The molecule has 2 heterocycles. The van der Waals surface area contributed by atoms with Gasteiger partial charge in [-0.2, -0.15) is 5.10 Å². The van der Waals surface area contributed by atoms with Gasteiger partial charge in [0.2, 0.25) is 0 Å². The number of nitrogens with zero attached hydrogens (tertiary/aromatic N) is 1. The number of para-hydroxylation sites is 1. The fraction of sp³-hybridized carbons (Fsp3) is 0.0526. The molecular weight excluding hydrogens is 304 g/mol. The Bertz CT molecular complexity index is 1010. The summed E-state index contributed by atoms with van der Waals surface area (Å²) in [5, 5.41) is 7.47. The third kappa shape index (κ3) is 2.92. The van der Waals surface area contributed by atoms with Crippen LogP contribution in [-0.2, 0) is 6.42 Å². The molecule has 5 heteroatoms. The van der Waals surface area contributed by atoms with E-state index in [2.05, 4.69) is 10.2 Å². The highest BCUT2D eigenvalue weighted by Crippen LogP contribution is 2.32. The number of fused-ring (bicyclic) bond motifs is 1. The number of hydrogen-bond acceptors (Lipinski definition) is 4. The number of benzene rings is 2. The first-order valence-corrected chi connectivity index (χ1v) is 7.55. The monoisotopic (exact) mass is 318 g/mol. The van der Waals surface area contributed by atoms with Gasteiger partial charge < -0.3 is 9.15 Å².